The molecule has 0 saturated heterocycles. The number of rotatable bonds is 9. The second-order valence-electron chi connectivity index (χ2n) is 11.7. The highest BCUT2D eigenvalue weighted by Gasteiger charge is 2.33. The average Bonchev–Trinajstić information content (AvgIpc) is 2.88. The van der Waals surface area contributed by atoms with Crippen molar-refractivity contribution in [1.82, 2.24) is 0 Å². The zero-order valence-electron chi connectivity index (χ0n) is 23.7. The summed E-state index contributed by atoms with van der Waals surface area (Å²) in [5.74, 6) is 0.661. The van der Waals surface area contributed by atoms with Gasteiger partial charge in [0.05, 0.1) is 12.2 Å². The molecule has 0 heterocycles. The van der Waals surface area contributed by atoms with Crippen molar-refractivity contribution in [2.45, 2.75) is 66.4 Å². The number of carbonyl (C=O) groups excluding carboxylic acids is 1. The van der Waals surface area contributed by atoms with Crippen molar-refractivity contribution in [1.29, 1.82) is 0 Å². The third-order valence-electron chi connectivity index (χ3n) is 7.20. The molecule has 0 amide bonds. The molecule has 1 aliphatic rings. The molecule has 0 aliphatic heterocycles. The monoisotopic (exact) mass is 511 g/mol. The average molecular weight is 512 g/mol. The van der Waals surface area contributed by atoms with E-state index in [1.807, 2.05) is 37.3 Å². The summed E-state index contributed by atoms with van der Waals surface area (Å²) >= 11 is 0. The van der Waals surface area contributed by atoms with Gasteiger partial charge in [-0.1, -0.05) is 71.0 Å². The smallest absolute Gasteiger partial charge is 0.338 e. The van der Waals surface area contributed by atoms with E-state index in [1.54, 1.807) is 12.1 Å². The van der Waals surface area contributed by atoms with Crippen LogP contribution in [0.4, 0.5) is 5.69 Å². The second-order valence-corrected chi connectivity index (χ2v) is 11.7. The third kappa shape index (κ3) is 6.48. The minimum Gasteiger partial charge on any atom is -0.489 e. The fourth-order valence-corrected chi connectivity index (χ4v) is 5.04. The Balaban J connectivity index is 1.59. The predicted octanol–water partition coefficient (Wildman–Crippen LogP) is 8.21. The van der Waals surface area contributed by atoms with E-state index in [9.17, 15) is 4.79 Å². The zero-order valence-corrected chi connectivity index (χ0v) is 23.7. The number of anilines is 1. The van der Waals surface area contributed by atoms with Gasteiger partial charge in [-0.15, -0.1) is 0 Å². The molecule has 4 heteroatoms. The number of fused-ring (bicyclic) bond motifs is 1. The van der Waals surface area contributed by atoms with Gasteiger partial charge >= 0.3 is 5.97 Å². The van der Waals surface area contributed by atoms with Crippen LogP contribution >= 0.6 is 0 Å². The summed E-state index contributed by atoms with van der Waals surface area (Å²) in [4.78, 5) is 12.0. The summed E-state index contributed by atoms with van der Waals surface area (Å²) < 4.78 is 11.6. The molecule has 3 aromatic rings. The maximum Gasteiger partial charge on any atom is 0.338 e. The first-order valence-electron chi connectivity index (χ1n) is 13.6. The van der Waals surface area contributed by atoms with Gasteiger partial charge in [0, 0.05) is 12.2 Å². The van der Waals surface area contributed by atoms with E-state index < -0.39 is 0 Å². The summed E-state index contributed by atoms with van der Waals surface area (Å²) in [5, 5.41) is 3.51. The molecule has 0 radical (unpaired) electrons. The molecule has 200 valence electrons. The van der Waals surface area contributed by atoms with Crippen molar-refractivity contribution >= 4 is 17.2 Å². The van der Waals surface area contributed by atoms with Gasteiger partial charge in [-0.2, -0.15) is 0 Å². The first kappa shape index (κ1) is 27.5. The molecule has 3 aromatic carbocycles. The quantitative estimate of drug-likeness (QED) is 0.294. The molecular weight excluding hydrogens is 470 g/mol. The molecule has 1 aliphatic carbocycles. The molecule has 4 nitrogen and oxygen atoms in total. The number of hydrogen-bond donors (Lipinski definition) is 1. The number of benzene rings is 3. The standard InChI is InChI=1S/C34H41NO3/c1-7-37-32(36)25-13-15-27(16-14-25)35-20-18-26-21-28-29(33(2,3)4)17-19-34(5,6)30(28)22-31(26)38-23-24-11-9-8-10-12-24/h8-17,21-22,35H,7,18-20,23H2,1-6H3. The second kappa shape index (κ2) is 11.5. The maximum absolute atomic E-state index is 12.0. The van der Waals surface area contributed by atoms with Crippen molar-refractivity contribution in [2.24, 2.45) is 5.41 Å². The first-order chi connectivity index (χ1) is 18.1. The largest absolute Gasteiger partial charge is 0.489 e. The Morgan fingerprint density at radius 2 is 1.71 bits per heavy atom. The van der Waals surface area contributed by atoms with E-state index in [0.29, 0.717) is 18.8 Å². The van der Waals surface area contributed by atoms with Crippen LogP contribution in [0.2, 0.25) is 0 Å². The number of nitrogens with one attached hydrogen (secondary N) is 1. The molecule has 0 aromatic heterocycles. The van der Waals surface area contributed by atoms with E-state index in [4.69, 9.17) is 9.47 Å². The van der Waals surface area contributed by atoms with Crippen LogP contribution in [0, 0.1) is 5.41 Å². The van der Waals surface area contributed by atoms with Gasteiger partial charge in [-0.05, 0) is 94.8 Å². The van der Waals surface area contributed by atoms with Crippen LogP contribution in [0.25, 0.3) is 5.57 Å². The fraction of sp³-hybridized carbons (Fsp3) is 0.382. The van der Waals surface area contributed by atoms with Gasteiger partial charge in [0.1, 0.15) is 12.4 Å². The van der Waals surface area contributed by atoms with E-state index in [1.165, 1.54) is 22.3 Å². The topological polar surface area (TPSA) is 47.6 Å². The molecule has 1 N–H and O–H groups in total. The summed E-state index contributed by atoms with van der Waals surface area (Å²) in [6.07, 6.45) is 4.27. The van der Waals surface area contributed by atoms with Crippen LogP contribution in [0.5, 0.6) is 5.75 Å². The lowest BCUT2D eigenvalue weighted by molar-refractivity contribution is 0.0526. The summed E-state index contributed by atoms with van der Waals surface area (Å²) in [6.45, 7) is 15.0. The Bertz CT molecular complexity index is 1280. The molecule has 0 fully saturated rings. The van der Waals surface area contributed by atoms with E-state index >= 15 is 0 Å². The van der Waals surface area contributed by atoms with E-state index in [2.05, 4.69) is 70.3 Å². The lowest BCUT2D eigenvalue weighted by atomic mass is 9.68. The Morgan fingerprint density at radius 3 is 2.37 bits per heavy atom. The molecular formula is C34H41NO3. The number of ether oxygens (including phenoxy) is 2. The number of hydrogen-bond acceptors (Lipinski definition) is 4. The van der Waals surface area contributed by atoms with Crippen molar-refractivity contribution in [2.75, 3.05) is 18.5 Å². The summed E-state index contributed by atoms with van der Waals surface area (Å²) in [6, 6.07) is 22.4. The fourth-order valence-electron chi connectivity index (χ4n) is 5.04. The van der Waals surface area contributed by atoms with E-state index in [0.717, 1.165) is 36.4 Å². The van der Waals surface area contributed by atoms with Crippen LogP contribution in [0.1, 0.15) is 80.6 Å². The Kier molecular flexibility index (Phi) is 8.30. The number of allylic oxidation sites excluding steroid dienone is 2. The molecule has 0 unspecified atom stereocenters. The third-order valence-corrected chi connectivity index (χ3v) is 7.20. The highest BCUT2D eigenvalue weighted by Crippen LogP contribution is 2.47. The van der Waals surface area contributed by atoms with Crippen LogP contribution < -0.4 is 10.1 Å². The van der Waals surface area contributed by atoms with Gasteiger partial charge in [-0.3, -0.25) is 0 Å². The highest BCUT2D eigenvalue weighted by molar-refractivity contribution is 5.89. The normalized spacial score (nSPS) is 14.3. The molecule has 0 saturated carbocycles. The lowest BCUT2D eigenvalue weighted by Crippen LogP contribution is -2.25. The number of carbonyl (C=O) groups is 1. The van der Waals surface area contributed by atoms with Gasteiger partial charge < -0.3 is 14.8 Å². The molecule has 4 rings (SSSR count). The van der Waals surface area contributed by atoms with Crippen molar-refractivity contribution in [3.05, 3.63) is 101 Å². The SMILES string of the molecule is CCOC(=O)c1ccc(NCCc2cc3c(cc2OCc2ccccc2)C(C)(C)CC=C3C(C)(C)C)cc1. The van der Waals surface area contributed by atoms with Crippen LogP contribution in [0.3, 0.4) is 0 Å². The van der Waals surface area contributed by atoms with Crippen LogP contribution in [-0.4, -0.2) is 19.1 Å². The minimum absolute atomic E-state index is 0.0480. The van der Waals surface area contributed by atoms with Crippen LogP contribution in [0.15, 0.2) is 72.8 Å². The van der Waals surface area contributed by atoms with Crippen LogP contribution in [-0.2, 0) is 23.2 Å². The predicted molar refractivity (Wildman–Crippen MR) is 157 cm³/mol. The van der Waals surface area contributed by atoms with Gasteiger partial charge in [0.2, 0.25) is 0 Å². The summed E-state index contributed by atoms with van der Waals surface area (Å²) in [7, 11) is 0. The maximum atomic E-state index is 12.0. The Morgan fingerprint density at radius 1 is 1.00 bits per heavy atom. The minimum atomic E-state index is -0.293. The molecule has 38 heavy (non-hydrogen) atoms. The van der Waals surface area contributed by atoms with Crippen molar-refractivity contribution in [3.63, 3.8) is 0 Å². The van der Waals surface area contributed by atoms with Crippen molar-refractivity contribution in [3.8, 4) is 5.75 Å². The summed E-state index contributed by atoms with van der Waals surface area (Å²) in [5.41, 5.74) is 8.11. The van der Waals surface area contributed by atoms with E-state index in [-0.39, 0.29) is 16.8 Å². The lowest BCUT2D eigenvalue weighted by Gasteiger charge is -2.37. The molecule has 0 spiro atoms. The highest BCUT2D eigenvalue weighted by atomic mass is 16.5. The van der Waals surface area contributed by atoms with Crippen molar-refractivity contribution < 1.29 is 14.3 Å². The molecule has 0 atom stereocenters. The van der Waals surface area contributed by atoms with Gasteiger partial charge in [0.15, 0.2) is 0 Å². The van der Waals surface area contributed by atoms with Gasteiger partial charge in [-0.25, -0.2) is 4.79 Å². The van der Waals surface area contributed by atoms with Gasteiger partial charge in [0.25, 0.3) is 0 Å². The Labute approximate surface area is 228 Å². The zero-order chi connectivity index (χ0) is 27.3. The first-order valence-corrected chi connectivity index (χ1v) is 13.6. The number of esters is 1. The Hall–Kier alpha value is -3.53. The molecule has 0 bridgehead atoms.